The summed E-state index contributed by atoms with van der Waals surface area (Å²) in [5, 5.41) is 0. The monoisotopic (exact) mass is 315 g/mol. The molecular weight excluding hydrogens is 298 g/mol. The Bertz CT molecular complexity index is 873. The first kappa shape index (κ1) is 14.5. The second-order valence-corrected chi connectivity index (χ2v) is 5.93. The van der Waals surface area contributed by atoms with Gasteiger partial charge < -0.3 is 10.6 Å². The Balaban J connectivity index is 1.88. The fourth-order valence-corrected chi connectivity index (χ4v) is 3.33. The predicted molar refractivity (Wildman–Crippen MR) is 94.5 cm³/mol. The van der Waals surface area contributed by atoms with Crippen LogP contribution in [0.1, 0.15) is 21.5 Å². The predicted octanol–water partition coefficient (Wildman–Crippen LogP) is 3.37. The molecule has 4 nitrogen and oxygen atoms in total. The Kier molecular flexibility index (Phi) is 3.50. The Labute approximate surface area is 140 Å². The summed E-state index contributed by atoms with van der Waals surface area (Å²) in [6.45, 7) is 1.43. The zero-order valence-electron chi connectivity index (χ0n) is 13.1. The van der Waals surface area contributed by atoms with Crippen LogP contribution in [0, 0.1) is 0 Å². The molecule has 0 saturated heterocycles. The summed E-state index contributed by atoms with van der Waals surface area (Å²) in [6.07, 6.45) is 3.24. The van der Waals surface area contributed by atoms with Gasteiger partial charge in [0.15, 0.2) is 0 Å². The molecule has 4 heteroatoms. The second-order valence-electron chi connectivity index (χ2n) is 5.93. The first-order valence-corrected chi connectivity index (χ1v) is 7.89. The third kappa shape index (κ3) is 2.42. The molecule has 0 unspecified atom stereocenters. The van der Waals surface area contributed by atoms with Crippen LogP contribution >= 0.6 is 0 Å². The van der Waals surface area contributed by atoms with Crippen LogP contribution in [-0.2, 0) is 13.1 Å². The molecule has 24 heavy (non-hydrogen) atoms. The van der Waals surface area contributed by atoms with Crippen LogP contribution in [0.25, 0.3) is 11.1 Å². The second kappa shape index (κ2) is 5.81. The molecule has 1 aliphatic rings. The zero-order valence-corrected chi connectivity index (χ0v) is 13.1. The molecule has 0 atom stereocenters. The van der Waals surface area contributed by atoms with Crippen molar-refractivity contribution in [1.29, 1.82) is 0 Å². The van der Waals surface area contributed by atoms with Crippen molar-refractivity contribution in [1.82, 2.24) is 4.98 Å². The Morgan fingerprint density at radius 1 is 0.917 bits per heavy atom. The van der Waals surface area contributed by atoms with Crippen LogP contribution < -0.4 is 10.6 Å². The van der Waals surface area contributed by atoms with Crippen LogP contribution in [-0.4, -0.2) is 10.9 Å². The van der Waals surface area contributed by atoms with Crippen molar-refractivity contribution in [2.24, 2.45) is 5.73 Å². The molecule has 1 aromatic heterocycles. The molecule has 2 heterocycles. The highest BCUT2D eigenvalue weighted by molar-refractivity contribution is 5.98. The smallest absolute Gasteiger partial charge is 0.252 e. The van der Waals surface area contributed by atoms with Crippen LogP contribution in [0.4, 0.5) is 5.69 Å². The molecule has 1 aliphatic heterocycles. The van der Waals surface area contributed by atoms with E-state index in [2.05, 4.69) is 46.3 Å². The summed E-state index contributed by atoms with van der Waals surface area (Å²) in [7, 11) is 0. The number of nitrogens with two attached hydrogens (primary N) is 1. The minimum Gasteiger partial charge on any atom is -0.365 e. The third-order valence-electron chi connectivity index (χ3n) is 4.45. The van der Waals surface area contributed by atoms with Crippen molar-refractivity contribution < 1.29 is 4.79 Å². The molecule has 0 fully saturated rings. The summed E-state index contributed by atoms with van der Waals surface area (Å²) in [4.78, 5) is 18.0. The number of hydrogen-bond acceptors (Lipinski definition) is 3. The fourth-order valence-electron chi connectivity index (χ4n) is 3.33. The summed E-state index contributed by atoms with van der Waals surface area (Å²) in [6, 6.07) is 18.7. The van der Waals surface area contributed by atoms with Gasteiger partial charge in [0.1, 0.15) is 0 Å². The lowest BCUT2D eigenvalue weighted by Gasteiger charge is -2.25. The molecule has 0 bridgehead atoms. The summed E-state index contributed by atoms with van der Waals surface area (Å²) < 4.78 is 0. The number of aromatic nitrogens is 1. The van der Waals surface area contributed by atoms with Crippen LogP contribution in [0.5, 0.6) is 0 Å². The van der Waals surface area contributed by atoms with Gasteiger partial charge in [0.25, 0.3) is 5.91 Å². The molecule has 0 radical (unpaired) electrons. The normalized spacial score (nSPS) is 12.9. The highest BCUT2D eigenvalue weighted by Crippen LogP contribution is 2.35. The molecule has 2 aromatic carbocycles. The Morgan fingerprint density at radius 3 is 2.08 bits per heavy atom. The van der Waals surface area contributed by atoms with Crippen molar-refractivity contribution in [3.63, 3.8) is 0 Å². The van der Waals surface area contributed by atoms with Crippen molar-refractivity contribution in [3.05, 3.63) is 83.7 Å². The summed E-state index contributed by atoms with van der Waals surface area (Å²) >= 11 is 0. The molecule has 0 aliphatic carbocycles. The number of rotatable bonds is 2. The number of pyridine rings is 1. The van der Waals surface area contributed by atoms with Gasteiger partial charge in [-0.1, -0.05) is 48.5 Å². The SMILES string of the molecule is NC(=O)c1cnccc1N1Cc2ccccc2-c2ccccc2C1. The number of benzene rings is 2. The maximum Gasteiger partial charge on any atom is 0.252 e. The lowest BCUT2D eigenvalue weighted by Crippen LogP contribution is -2.25. The molecule has 2 N–H and O–H groups in total. The van der Waals surface area contributed by atoms with Gasteiger partial charge in [-0.15, -0.1) is 0 Å². The molecule has 3 aromatic rings. The van der Waals surface area contributed by atoms with E-state index in [4.69, 9.17) is 5.73 Å². The number of carbonyl (C=O) groups is 1. The molecule has 1 amide bonds. The van der Waals surface area contributed by atoms with Crippen molar-refractivity contribution >= 4 is 11.6 Å². The standard InChI is InChI=1S/C20H17N3O/c21-20(24)18-11-22-10-9-19(18)23-12-14-5-1-3-7-16(14)17-8-4-2-6-15(17)13-23/h1-11H,12-13H2,(H2,21,24). The summed E-state index contributed by atoms with van der Waals surface area (Å²) in [5.41, 5.74) is 11.8. The summed E-state index contributed by atoms with van der Waals surface area (Å²) in [5.74, 6) is -0.455. The van der Waals surface area contributed by atoms with E-state index in [0.29, 0.717) is 5.56 Å². The van der Waals surface area contributed by atoms with Crippen molar-refractivity contribution in [3.8, 4) is 11.1 Å². The van der Waals surface area contributed by atoms with E-state index in [1.807, 2.05) is 18.2 Å². The van der Waals surface area contributed by atoms with E-state index in [1.165, 1.54) is 22.3 Å². The molecule has 0 spiro atoms. The number of fused-ring (bicyclic) bond motifs is 3. The number of anilines is 1. The van der Waals surface area contributed by atoms with Crippen molar-refractivity contribution in [2.75, 3.05) is 4.90 Å². The number of nitrogens with zero attached hydrogens (tertiary/aromatic N) is 2. The van der Waals surface area contributed by atoms with Gasteiger partial charge in [-0.05, 0) is 28.3 Å². The molecule has 118 valence electrons. The van der Waals surface area contributed by atoms with Gasteiger partial charge >= 0.3 is 0 Å². The van der Waals surface area contributed by atoms with Crippen LogP contribution in [0.3, 0.4) is 0 Å². The van der Waals surface area contributed by atoms with Crippen LogP contribution in [0.15, 0.2) is 67.0 Å². The number of carbonyl (C=O) groups excluding carboxylic acids is 1. The third-order valence-corrected chi connectivity index (χ3v) is 4.45. The van der Waals surface area contributed by atoms with Gasteiger partial charge in [-0.2, -0.15) is 0 Å². The van der Waals surface area contributed by atoms with Gasteiger partial charge in [-0.25, -0.2) is 0 Å². The van der Waals surface area contributed by atoms with Gasteiger partial charge in [0, 0.05) is 25.5 Å². The number of primary amides is 1. The topological polar surface area (TPSA) is 59.2 Å². The maximum absolute atomic E-state index is 11.8. The van der Waals surface area contributed by atoms with E-state index < -0.39 is 5.91 Å². The average molecular weight is 315 g/mol. The molecule has 4 rings (SSSR count). The fraction of sp³-hybridized carbons (Fsp3) is 0.100. The lowest BCUT2D eigenvalue weighted by atomic mass is 9.97. The van der Waals surface area contributed by atoms with Gasteiger partial charge in [-0.3, -0.25) is 9.78 Å². The maximum atomic E-state index is 11.8. The van der Waals surface area contributed by atoms with E-state index in [-0.39, 0.29) is 0 Å². The first-order valence-electron chi connectivity index (χ1n) is 7.89. The number of amides is 1. The Hall–Kier alpha value is -3.14. The minimum absolute atomic E-state index is 0.453. The van der Waals surface area contributed by atoms with E-state index in [0.717, 1.165) is 18.8 Å². The van der Waals surface area contributed by atoms with Gasteiger partial charge in [0.2, 0.25) is 0 Å². The Morgan fingerprint density at radius 2 is 1.50 bits per heavy atom. The van der Waals surface area contributed by atoms with Crippen molar-refractivity contribution in [2.45, 2.75) is 13.1 Å². The van der Waals surface area contributed by atoms with Gasteiger partial charge in [0.05, 0.1) is 11.3 Å². The quantitative estimate of drug-likeness (QED) is 0.789. The number of hydrogen-bond donors (Lipinski definition) is 1. The van der Waals surface area contributed by atoms with Crippen LogP contribution in [0.2, 0.25) is 0 Å². The zero-order chi connectivity index (χ0) is 16.5. The minimum atomic E-state index is -0.455. The average Bonchev–Trinajstić information content (AvgIpc) is 2.78. The van der Waals surface area contributed by atoms with E-state index in [9.17, 15) is 4.79 Å². The lowest BCUT2D eigenvalue weighted by molar-refractivity contribution is 0.100. The molecular formula is C20H17N3O. The highest BCUT2D eigenvalue weighted by atomic mass is 16.1. The largest absolute Gasteiger partial charge is 0.365 e. The highest BCUT2D eigenvalue weighted by Gasteiger charge is 2.22. The van der Waals surface area contributed by atoms with E-state index >= 15 is 0 Å². The van der Waals surface area contributed by atoms with E-state index in [1.54, 1.807) is 12.4 Å². The molecule has 0 saturated carbocycles. The first-order chi connectivity index (χ1) is 11.7.